The van der Waals surface area contributed by atoms with Crippen molar-refractivity contribution in [2.24, 2.45) is 29.0 Å². The largest absolute Gasteiger partial charge is 0.370 e. The Morgan fingerprint density at radius 3 is 2.05 bits per heavy atom. The molecule has 1 aliphatic rings. The topological polar surface area (TPSA) is 278 Å². The molecule has 7 unspecified atom stereocenters. The van der Waals surface area contributed by atoms with Crippen molar-refractivity contribution in [1.29, 1.82) is 0 Å². The molecular weight excluding hydrogens is 803 g/mol. The normalized spacial score (nSPS) is 22.5. The molecule has 0 spiro atoms. The first-order chi connectivity index (χ1) is 29.0. The van der Waals surface area contributed by atoms with E-state index in [2.05, 4.69) is 26.6 Å². The van der Waals surface area contributed by atoms with E-state index in [0.717, 1.165) is 21.2 Å². The van der Waals surface area contributed by atoms with Gasteiger partial charge in [0.1, 0.15) is 36.3 Å². The van der Waals surface area contributed by atoms with Crippen molar-refractivity contribution in [3.05, 3.63) is 48.0 Å². The van der Waals surface area contributed by atoms with E-state index >= 15 is 0 Å². The SMILES string of the molecule is CCC(C)C1NC(=O)C(Cc2ccc3ccccc3c2)NC(=O)CCSCCC(C(=O)N(C)C(CCCN)C(N)=O)NC(=O)C(CC(N)=O)NC(=O)C(C(CC)CC)NC1=O. The lowest BCUT2D eigenvalue weighted by Crippen LogP contribution is -2.62. The summed E-state index contributed by atoms with van der Waals surface area (Å²) in [6, 6.07) is 6.29. The summed E-state index contributed by atoms with van der Waals surface area (Å²) in [4.78, 5) is 110. The second kappa shape index (κ2) is 24.9. The maximum absolute atomic E-state index is 14.2. The Labute approximate surface area is 362 Å². The number of hydrogen-bond acceptors (Lipinski definition) is 10. The zero-order valence-electron chi connectivity index (χ0n) is 36.0. The van der Waals surface area contributed by atoms with Gasteiger partial charge < -0.3 is 48.7 Å². The van der Waals surface area contributed by atoms with Crippen LogP contribution >= 0.6 is 11.8 Å². The molecule has 18 heteroatoms. The predicted octanol–water partition coefficient (Wildman–Crippen LogP) is 0.742. The lowest BCUT2D eigenvalue weighted by atomic mass is 9.91. The van der Waals surface area contributed by atoms with Gasteiger partial charge in [0.2, 0.25) is 47.3 Å². The Hall–Kier alpha value is -5.23. The lowest BCUT2D eigenvalue weighted by Gasteiger charge is -2.32. The summed E-state index contributed by atoms with van der Waals surface area (Å²) >= 11 is 1.32. The van der Waals surface area contributed by atoms with Crippen molar-refractivity contribution in [2.45, 2.75) is 122 Å². The molecular formula is C43H65N9O8S. The summed E-state index contributed by atoms with van der Waals surface area (Å²) in [6.45, 7) is 7.56. The van der Waals surface area contributed by atoms with Gasteiger partial charge in [-0.25, -0.2) is 0 Å². The van der Waals surface area contributed by atoms with Crippen LogP contribution in [-0.4, -0.2) is 114 Å². The van der Waals surface area contributed by atoms with Crippen LogP contribution in [-0.2, 0) is 44.8 Å². The molecule has 1 heterocycles. The van der Waals surface area contributed by atoms with Gasteiger partial charge in [-0.3, -0.25) is 38.4 Å². The number of likely N-dealkylation sites (N-methyl/N-ethyl adjacent to an activating group) is 1. The van der Waals surface area contributed by atoms with Crippen LogP contribution in [0.25, 0.3) is 10.8 Å². The Morgan fingerprint density at radius 1 is 0.787 bits per heavy atom. The van der Waals surface area contributed by atoms with Crippen LogP contribution in [0.1, 0.15) is 84.6 Å². The van der Waals surface area contributed by atoms with E-state index in [4.69, 9.17) is 17.2 Å². The number of carbonyl (C=O) groups excluding carboxylic acids is 8. The van der Waals surface area contributed by atoms with Crippen molar-refractivity contribution in [2.75, 3.05) is 25.1 Å². The van der Waals surface area contributed by atoms with E-state index in [9.17, 15) is 38.4 Å². The van der Waals surface area contributed by atoms with Crippen molar-refractivity contribution in [1.82, 2.24) is 31.5 Å². The summed E-state index contributed by atoms with van der Waals surface area (Å²) in [5.74, 6) is -5.98. The molecule has 0 saturated carbocycles. The van der Waals surface area contributed by atoms with Crippen LogP contribution in [0.5, 0.6) is 0 Å². The van der Waals surface area contributed by atoms with E-state index in [1.54, 1.807) is 6.92 Å². The lowest BCUT2D eigenvalue weighted by molar-refractivity contribution is -0.142. The zero-order valence-corrected chi connectivity index (χ0v) is 36.8. The van der Waals surface area contributed by atoms with Gasteiger partial charge in [0.15, 0.2) is 0 Å². The molecule has 2 aromatic rings. The van der Waals surface area contributed by atoms with Crippen LogP contribution in [0.2, 0.25) is 0 Å². The number of rotatable bonds is 15. The van der Waals surface area contributed by atoms with Crippen LogP contribution in [0.4, 0.5) is 0 Å². The second-order valence-electron chi connectivity index (χ2n) is 15.7. The minimum absolute atomic E-state index is 0.00101. The highest BCUT2D eigenvalue weighted by molar-refractivity contribution is 7.99. The molecule has 1 fully saturated rings. The molecule has 0 bridgehead atoms. The molecule has 0 aromatic heterocycles. The number of primary amides is 2. The third-order valence-corrected chi connectivity index (χ3v) is 12.3. The number of amides is 8. The fraction of sp³-hybridized carbons (Fsp3) is 0.581. The van der Waals surface area contributed by atoms with Gasteiger partial charge >= 0.3 is 0 Å². The molecule has 0 aliphatic carbocycles. The fourth-order valence-electron chi connectivity index (χ4n) is 7.34. The molecule has 1 aliphatic heterocycles. The summed E-state index contributed by atoms with van der Waals surface area (Å²) in [5.41, 5.74) is 17.6. The number of hydrogen-bond donors (Lipinski definition) is 8. The highest BCUT2D eigenvalue weighted by atomic mass is 32.2. The third-order valence-electron chi connectivity index (χ3n) is 11.3. The van der Waals surface area contributed by atoms with Crippen molar-refractivity contribution >= 4 is 69.8 Å². The minimum Gasteiger partial charge on any atom is -0.370 e. The minimum atomic E-state index is -1.55. The number of benzene rings is 2. The smallest absolute Gasteiger partial charge is 0.245 e. The molecule has 1 saturated heterocycles. The third kappa shape index (κ3) is 15.0. The maximum atomic E-state index is 14.2. The number of nitrogens with one attached hydrogen (secondary N) is 5. The fourth-order valence-corrected chi connectivity index (χ4v) is 8.28. The molecule has 61 heavy (non-hydrogen) atoms. The van der Waals surface area contributed by atoms with E-state index < -0.39 is 102 Å². The Balaban J connectivity index is 2.07. The molecule has 336 valence electrons. The molecule has 17 nitrogen and oxygen atoms in total. The van der Waals surface area contributed by atoms with Gasteiger partial charge in [-0.2, -0.15) is 11.8 Å². The Kier molecular flexibility index (Phi) is 20.5. The van der Waals surface area contributed by atoms with Crippen LogP contribution in [0.15, 0.2) is 42.5 Å². The van der Waals surface area contributed by atoms with Crippen LogP contribution < -0.4 is 43.8 Å². The van der Waals surface area contributed by atoms with E-state index in [-0.39, 0.29) is 43.7 Å². The van der Waals surface area contributed by atoms with Crippen molar-refractivity contribution < 1.29 is 38.4 Å². The van der Waals surface area contributed by atoms with Gasteiger partial charge in [0.25, 0.3) is 0 Å². The molecule has 8 amide bonds. The van der Waals surface area contributed by atoms with Gasteiger partial charge in [-0.1, -0.05) is 89.4 Å². The summed E-state index contributed by atoms with van der Waals surface area (Å²) in [6.07, 6.45) is 1.44. The Bertz CT molecular complexity index is 1860. The van der Waals surface area contributed by atoms with E-state index in [0.29, 0.717) is 25.7 Å². The molecule has 3 rings (SSSR count). The molecule has 7 atom stereocenters. The molecule has 11 N–H and O–H groups in total. The van der Waals surface area contributed by atoms with Gasteiger partial charge in [-0.15, -0.1) is 0 Å². The van der Waals surface area contributed by atoms with Gasteiger partial charge in [0, 0.05) is 25.6 Å². The summed E-state index contributed by atoms with van der Waals surface area (Å²) in [5, 5.41) is 15.8. The van der Waals surface area contributed by atoms with Crippen molar-refractivity contribution in [3.63, 3.8) is 0 Å². The number of thioether (sulfide) groups is 1. The maximum Gasteiger partial charge on any atom is 0.245 e. The standard InChI is InChI=1S/C43H65N9O8S/c1-6-25(4)36-41(58)51-37(27(7-2)8-3)42(59)49-32(24-34(45)53)39(56)48-30(43(60)52(5)33(38(46)55)14-11-19-44)17-20-61-21-18-35(54)47-31(40(57)50-36)23-26-15-16-28-12-9-10-13-29(28)22-26/h9-10,12-13,15-16,22,25,27,30-33,36-37H,6-8,11,14,17-21,23-24,44H2,1-5H3,(H2,45,53)(H2,46,55)(H,47,54)(H,48,56)(H,49,59)(H,50,57)(H,51,58). The second-order valence-corrected chi connectivity index (χ2v) is 16.9. The van der Waals surface area contributed by atoms with E-state index in [1.165, 1.54) is 18.8 Å². The summed E-state index contributed by atoms with van der Waals surface area (Å²) < 4.78 is 0. The van der Waals surface area contributed by atoms with Gasteiger partial charge in [-0.05, 0) is 59.7 Å². The number of fused-ring (bicyclic) bond motifs is 1. The first-order valence-electron chi connectivity index (χ1n) is 21.1. The highest BCUT2D eigenvalue weighted by Gasteiger charge is 2.38. The van der Waals surface area contributed by atoms with Crippen LogP contribution in [0, 0.1) is 11.8 Å². The van der Waals surface area contributed by atoms with Gasteiger partial charge in [0.05, 0.1) is 6.42 Å². The average molecular weight is 868 g/mol. The van der Waals surface area contributed by atoms with E-state index in [1.807, 2.05) is 63.2 Å². The first-order valence-corrected chi connectivity index (χ1v) is 22.3. The number of nitrogens with zero attached hydrogens (tertiary/aromatic N) is 1. The number of carbonyl (C=O) groups is 8. The summed E-state index contributed by atoms with van der Waals surface area (Å²) in [7, 11) is 1.39. The predicted molar refractivity (Wildman–Crippen MR) is 235 cm³/mol. The number of nitrogens with two attached hydrogens (primary N) is 3. The highest BCUT2D eigenvalue weighted by Crippen LogP contribution is 2.20. The molecule has 2 aromatic carbocycles. The average Bonchev–Trinajstić information content (AvgIpc) is 3.23. The van der Waals surface area contributed by atoms with Crippen LogP contribution in [0.3, 0.4) is 0 Å². The first kappa shape index (κ1) is 50.1. The van der Waals surface area contributed by atoms with Crippen molar-refractivity contribution in [3.8, 4) is 0 Å². The Morgan fingerprint density at radius 2 is 1.43 bits per heavy atom. The monoisotopic (exact) mass is 867 g/mol. The zero-order chi connectivity index (χ0) is 45.2. The quantitative estimate of drug-likeness (QED) is 0.124. The molecule has 0 radical (unpaired) electrons.